The molecule has 0 spiro atoms. The van der Waals surface area contributed by atoms with Gasteiger partial charge in [-0.15, -0.1) is 0 Å². The topological polar surface area (TPSA) is 60.5 Å². The Morgan fingerprint density at radius 2 is 2.03 bits per heavy atom. The van der Waals surface area contributed by atoms with Gasteiger partial charge in [0.1, 0.15) is 0 Å². The Morgan fingerprint density at radius 3 is 2.87 bits per heavy atom. The fourth-order valence-corrected chi connectivity index (χ4v) is 4.69. The molecule has 154 valence electrons. The number of hydrogen-bond donors (Lipinski definition) is 1. The highest BCUT2D eigenvalue weighted by molar-refractivity contribution is 5.93. The maximum Gasteiger partial charge on any atom is 0.248 e. The smallest absolute Gasteiger partial charge is 0.248 e. The molecule has 1 amide bonds. The second-order valence-electron chi connectivity index (χ2n) is 8.17. The normalized spacial score (nSPS) is 19.5. The first-order valence-corrected chi connectivity index (χ1v) is 10.7. The van der Waals surface area contributed by atoms with Gasteiger partial charge in [0.05, 0.1) is 18.2 Å². The molecule has 2 aromatic carbocycles. The van der Waals surface area contributed by atoms with Crippen molar-refractivity contribution in [3.63, 3.8) is 0 Å². The lowest BCUT2D eigenvalue weighted by molar-refractivity contribution is 0.0299. The highest BCUT2D eigenvalue weighted by Crippen LogP contribution is 2.31. The molecule has 3 heterocycles. The molecule has 2 aliphatic rings. The van der Waals surface area contributed by atoms with Crippen molar-refractivity contribution in [3.05, 3.63) is 77.5 Å². The van der Waals surface area contributed by atoms with Crippen LogP contribution in [0.25, 0.3) is 16.6 Å². The third-order valence-corrected chi connectivity index (χ3v) is 6.35. The van der Waals surface area contributed by atoms with Crippen LogP contribution in [-0.2, 0) is 11.2 Å². The van der Waals surface area contributed by atoms with Crippen molar-refractivity contribution in [2.24, 2.45) is 5.73 Å². The van der Waals surface area contributed by atoms with Crippen molar-refractivity contribution in [1.82, 2.24) is 9.47 Å². The maximum atomic E-state index is 11.5. The van der Waals surface area contributed by atoms with Gasteiger partial charge in [-0.05, 0) is 53.6 Å². The second kappa shape index (κ2) is 8.09. The number of para-hydroxylation sites is 1. The number of benzene rings is 2. The molecule has 5 nitrogen and oxygen atoms in total. The number of carbonyl (C=O) groups excluding carboxylic acids is 1. The van der Waals surface area contributed by atoms with Gasteiger partial charge in [0.2, 0.25) is 5.91 Å². The van der Waals surface area contributed by atoms with Gasteiger partial charge >= 0.3 is 0 Å². The van der Waals surface area contributed by atoms with Crippen molar-refractivity contribution < 1.29 is 9.53 Å². The Balaban J connectivity index is 1.23. The summed E-state index contributed by atoms with van der Waals surface area (Å²) in [4.78, 5) is 14.0. The first kappa shape index (κ1) is 19.1. The summed E-state index contributed by atoms with van der Waals surface area (Å²) >= 11 is 0. The lowest BCUT2D eigenvalue weighted by atomic mass is 9.93. The molecular formula is C25H27N3O2. The molecule has 5 heteroatoms. The molecule has 2 N–H and O–H groups in total. The van der Waals surface area contributed by atoms with Crippen molar-refractivity contribution >= 4 is 22.5 Å². The number of primary amides is 1. The molecule has 3 aromatic rings. The summed E-state index contributed by atoms with van der Waals surface area (Å²) in [6.45, 7) is 3.71. The first-order chi connectivity index (χ1) is 14.7. The summed E-state index contributed by atoms with van der Waals surface area (Å²) in [6.07, 6.45) is 7.47. The molecule has 30 heavy (non-hydrogen) atoms. The van der Waals surface area contributed by atoms with E-state index in [1.54, 1.807) is 0 Å². The molecular weight excluding hydrogens is 374 g/mol. The van der Waals surface area contributed by atoms with Gasteiger partial charge in [-0.1, -0.05) is 30.3 Å². The van der Waals surface area contributed by atoms with E-state index in [2.05, 4.69) is 52.1 Å². The number of rotatable bonds is 5. The molecule has 0 bridgehead atoms. The maximum absolute atomic E-state index is 11.5. The summed E-state index contributed by atoms with van der Waals surface area (Å²) < 4.78 is 8.38. The van der Waals surface area contributed by atoms with Gasteiger partial charge in [0.15, 0.2) is 0 Å². The zero-order valence-corrected chi connectivity index (χ0v) is 17.1. The van der Waals surface area contributed by atoms with E-state index in [9.17, 15) is 4.79 Å². The lowest BCUT2D eigenvalue weighted by Crippen LogP contribution is -2.32. The number of amides is 1. The van der Waals surface area contributed by atoms with Gasteiger partial charge in [-0.3, -0.25) is 9.69 Å². The van der Waals surface area contributed by atoms with Crippen LogP contribution in [0.15, 0.2) is 60.8 Å². The standard InChI is InChI=1S/C25H27N3O2/c26-25(29)20-5-6-22-19(17-20)11-16-30-24(22)10-14-27-12-8-21(9-13-27)28-15-7-18-3-1-2-4-23(18)28/h1-8,15,17,24H,9-14,16H2,(H2,26,29). The summed E-state index contributed by atoms with van der Waals surface area (Å²) in [5, 5.41) is 1.29. The SMILES string of the molecule is NC(=O)c1ccc2c(c1)CCOC2CCN1CC=C(n2ccc3ccccc32)CC1. The van der Waals surface area contributed by atoms with Crippen LogP contribution >= 0.6 is 0 Å². The molecule has 1 atom stereocenters. The number of carbonyl (C=O) groups is 1. The van der Waals surface area contributed by atoms with E-state index in [-0.39, 0.29) is 12.0 Å². The van der Waals surface area contributed by atoms with E-state index in [1.807, 2.05) is 18.2 Å². The van der Waals surface area contributed by atoms with Gasteiger partial charge in [-0.2, -0.15) is 0 Å². The summed E-state index contributed by atoms with van der Waals surface area (Å²) in [5.41, 5.74) is 11.1. The third-order valence-electron chi connectivity index (χ3n) is 6.35. The number of ether oxygens (including phenoxy) is 1. The van der Waals surface area contributed by atoms with E-state index in [0.29, 0.717) is 12.2 Å². The van der Waals surface area contributed by atoms with Crippen LogP contribution in [0.3, 0.4) is 0 Å². The third kappa shape index (κ3) is 3.66. The van der Waals surface area contributed by atoms with E-state index < -0.39 is 0 Å². The van der Waals surface area contributed by atoms with Crippen molar-refractivity contribution in [2.45, 2.75) is 25.4 Å². The highest BCUT2D eigenvalue weighted by Gasteiger charge is 2.23. The first-order valence-electron chi connectivity index (χ1n) is 10.7. The Labute approximate surface area is 176 Å². The van der Waals surface area contributed by atoms with E-state index in [1.165, 1.54) is 27.7 Å². The average Bonchev–Trinajstić information content (AvgIpc) is 3.22. The van der Waals surface area contributed by atoms with E-state index in [0.717, 1.165) is 38.9 Å². The largest absolute Gasteiger partial charge is 0.373 e. The zero-order valence-electron chi connectivity index (χ0n) is 17.1. The van der Waals surface area contributed by atoms with Crippen molar-refractivity contribution in [3.8, 4) is 0 Å². The number of aromatic nitrogens is 1. The molecule has 0 fully saturated rings. The molecule has 1 unspecified atom stereocenters. The Bertz CT molecular complexity index is 1110. The van der Waals surface area contributed by atoms with Crippen LogP contribution in [0, 0.1) is 0 Å². The highest BCUT2D eigenvalue weighted by atomic mass is 16.5. The molecule has 1 aromatic heterocycles. The Kier molecular flexibility index (Phi) is 5.15. The minimum absolute atomic E-state index is 0.0921. The van der Waals surface area contributed by atoms with E-state index >= 15 is 0 Å². The molecule has 0 saturated carbocycles. The van der Waals surface area contributed by atoms with Crippen LogP contribution in [0.1, 0.15) is 40.4 Å². The summed E-state index contributed by atoms with van der Waals surface area (Å²) in [7, 11) is 0. The van der Waals surface area contributed by atoms with Crippen LogP contribution in [-0.4, -0.2) is 41.6 Å². The van der Waals surface area contributed by atoms with Crippen LogP contribution in [0.2, 0.25) is 0 Å². The predicted molar refractivity (Wildman–Crippen MR) is 119 cm³/mol. The number of nitrogens with zero attached hydrogens (tertiary/aromatic N) is 2. The summed E-state index contributed by atoms with van der Waals surface area (Å²) in [5.74, 6) is -0.368. The van der Waals surface area contributed by atoms with E-state index in [4.69, 9.17) is 10.5 Å². The quantitative estimate of drug-likeness (QED) is 0.703. The summed E-state index contributed by atoms with van der Waals surface area (Å²) in [6, 6.07) is 16.5. The minimum Gasteiger partial charge on any atom is -0.373 e. The fraction of sp³-hybridized carbons (Fsp3) is 0.320. The molecule has 5 rings (SSSR count). The average molecular weight is 402 g/mol. The van der Waals surface area contributed by atoms with Crippen molar-refractivity contribution in [2.75, 3.05) is 26.2 Å². The lowest BCUT2D eigenvalue weighted by Gasteiger charge is -2.31. The number of nitrogens with two attached hydrogens (primary N) is 1. The van der Waals surface area contributed by atoms with Crippen LogP contribution < -0.4 is 5.73 Å². The van der Waals surface area contributed by atoms with Gasteiger partial charge in [0, 0.05) is 43.5 Å². The predicted octanol–water partition coefficient (Wildman–Crippen LogP) is 3.99. The van der Waals surface area contributed by atoms with Crippen LogP contribution in [0.4, 0.5) is 0 Å². The van der Waals surface area contributed by atoms with Crippen LogP contribution in [0.5, 0.6) is 0 Å². The second-order valence-corrected chi connectivity index (χ2v) is 8.17. The molecule has 0 radical (unpaired) electrons. The van der Waals surface area contributed by atoms with Gasteiger partial charge in [-0.25, -0.2) is 0 Å². The zero-order chi connectivity index (χ0) is 20.5. The molecule has 0 saturated heterocycles. The van der Waals surface area contributed by atoms with Gasteiger partial charge < -0.3 is 15.0 Å². The Morgan fingerprint density at radius 1 is 1.13 bits per heavy atom. The van der Waals surface area contributed by atoms with Gasteiger partial charge in [0.25, 0.3) is 0 Å². The molecule has 0 aliphatic carbocycles. The minimum atomic E-state index is -0.368. The van der Waals surface area contributed by atoms with Crippen molar-refractivity contribution in [1.29, 1.82) is 0 Å². The molecule has 2 aliphatic heterocycles. The fourth-order valence-electron chi connectivity index (χ4n) is 4.69. The number of fused-ring (bicyclic) bond motifs is 2. The number of hydrogen-bond acceptors (Lipinski definition) is 3. The monoisotopic (exact) mass is 401 g/mol. The Hall–Kier alpha value is -2.89.